The second-order valence-corrected chi connectivity index (χ2v) is 6.78. The monoisotopic (exact) mass is 367 g/mol. The van der Waals surface area contributed by atoms with E-state index < -0.39 is 0 Å². The maximum Gasteiger partial charge on any atom is 0.227 e. The first-order valence-corrected chi connectivity index (χ1v) is 8.70. The van der Waals surface area contributed by atoms with E-state index in [9.17, 15) is 4.79 Å². The lowest BCUT2D eigenvalue weighted by molar-refractivity contribution is -0.120. The summed E-state index contributed by atoms with van der Waals surface area (Å²) in [6.07, 6.45) is 0.192. The third kappa shape index (κ3) is 3.15. The van der Waals surface area contributed by atoms with Crippen LogP contribution in [0.1, 0.15) is 17.2 Å². The number of H-pyrrole nitrogens is 1. The lowest BCUT2D eigenvalue weighted by atomic mass is 10.2. The van der Waals surface area contributed by atoms with Crippen LogP contribution in [0.15, 0.2) is 36.4 Å². The Bertz CT molecular complexity index is 1130. The average molecular weight is 368 g/mol. The molecule has 0 radical (unpaired) electrons. The molecule has 132 valence electrons. The molecule has 0 bridgehead atoms. The Hall–Kier alpha value is -2.86. The summed E-state index contributed by atoms with van der Waals surface area (Å²) in [6.45, 7) is 2.43. The smallest absolute Gasteiger partial charge is 0.227 e. The second kappa shape index (κ2) is 6.46. The molecule has 0 saturated heterocycles. The van der Waals surface area contributed by atoms with Crippen LogP contribution in [-0.4, -0.2) is 25.4 Å². The van der Waals surface area contributed by atoms with Crippen LogP contribution < -0.4 is 5.32 Å². The zero-order chi connectivity index (χ0) is 18.3. The number of aryl methyl sites for hydroxylation is 2. The fraction of sp³-hybridized carbons (Fsp3) is 0.211. The van der Waals surface area contributed by atoms with Gasteiger partial charge in [-0.25, -0.2) is 9.97 Å². The number of hydrogen-bond donors (Lipinski definition) is 2. The molecule has 0 unspecified atom stereocenters. The normalized spacial score (nSPS) is 11.3. The lowest BCUT2D eigenvalue weighted by Crippen LogP contribution is -2.25. The van der Waals surface area contributed by atoms with Crippen molar-refractivity contribution in [2.24, 2.45) is 7.05 Å². The van der Waals surface area contributed by atoms with E-state index in [1.54, 1.807) is 12.1 Å². The SMILES string of the molecule is Cc1nc2cc(CNC(=O)Cc3nc4ccc(Cl)cc4[nH]3)ccc2n1C. The van der Waals surface area contributed by atoms with Crippen LogP contribution in [0.3, 0.4) is 0 Å². The first-order chi connectivity index (χ1) is 12.5. The van der Waals surface area contributed by atoms with Gasteiger partial charge in [-0.3, -0.25) is 4.79 Å². The predicted octanol–water partition coefficient (Wildman–Crippen LogP) is 3.27. The highest BCUT2D eigenvalue weighted by Crippen LogP contribution is 2.18. The average Bonchev–Trinajstić information content (AvgIpc) is 3.12. The first-order valence-electron chi connectivity index (χ1n) is 8.32. The van der Waals surface area contributed by atoms with Gasteiger partial charge in [0.05, 0.1) is 28.5 Å². The van der Waals surface area contributed by atoms with E-state index in [1.165, 1.54) is 0 Å². The molecule has 4 rings (SSSR count). The molecule has 6 nitrogen and oxygen atoms in total. The van der Waals surface area contributed by atoms with Crippen molar-refractivity contribution in [2.45, 2.75) is 19.9 Å². The second-order valence-electron chi connectivity index (χ2n) is 6.34. The highest BCUT2D eigenvalue weighted by Gasteiger charge is 2.10. The Morgan fingerprint density at radius 1 is 1.19 bits per heavy atom. The van der Waals surface area contributed by atoms with Crippen molar-refractivity contribution in [1.29, 1.82) is 0 Å². The highest BCUT2D eigenvalue weighted by atomic mass is 35.5. The number of carbonyl (C=O) groups excluding carboxylic acids is 1. The molecular formula is C19H18ClN5O. The Labute approximate surface area is 155 Å². The van der Waals surface area contributed by atoms with Gasteiger partial charge in [-0.15, -0.1) is 0 Å². The van der Waals surface area contributed by atoms with E-state index in [1.807, 2.05) is 42.8 Å². The molecule has 26 heavy (non-hydrogen) atoms. The highest BCUT2D eigenvalue weighted by molar-refractivity contribution is 6.31. The van der Waals surface area contributed by atoms with Crippen LogP contribution in [0.4, 0.5) is 0 Å². The number of imidazole rings is 2. The van der Waals surface area contributed by atoms with Gasteiger partial charge in [0, 0.05) is 18.6 Å². The summed E-state index contributed by atoms with van der Waals surface area (Å²) in [6, 6.07) is 11.5. The Morgan fingerprint density at radius 3 is 2.88 bits per heavy atom. The number of carbonyl (C=O) groups is 1. The number of nitrogens with zero attached hydrogens (tertiary/aromatic N) is 3. The number of hydrogen-bond acceptors (Lipinski definition) is 3. The van der Waals surface area contributed by atoms with Gasteiger partial charge in [-0.05, 0) is 42.8 Å². The zero-order valence-corrected chi connectivity index (χ0v) is 15.3. The minimum Gasteiger partial charge on any atom is -0.352 e. The van der Waals surface area contributed by atoms with Gasteiger partial charge in [0.1, 0.15) is 11.6 Å². The first kappa shape index (κ1) is 16.6. The van der Waals surface area contributed by atoms with E-state index in [2.05, 4.69) is 20.3 Å². The van der Waals surface area contributed by atoms with Crippen molar-refractivity contribution in [3.05, 3.63) is 58.6 Å². The third-order valence-electron chi connectivity index (χ3n) is 4.48. The number of fused-ring (bicyclic) bond motifs is 2. The standard InChI is InChI=1S/C19H18ClN5O/c1-11-22-16-7-12(3-6-17(16)25(11)2)10-21-19(26)9-18-23-14-5-4-13(20)8-15(14)24-18/h3-8H,9-10H2,1-2H3,(H,21,26)(H,23,24). The fourth-order valence-corrected chi connectivity index (χ4v) is 3.18. The molecule has 2 heterocycles. The summed E-state index contributed by atoms with van der Waals surface area (Å²) < 4.78 is 2.05. The van der Waals surface area contributed by atoms with E-state index in [0.29, 0.717) is 17.4 Å². The third-order valence-corrected chi connectivity index (χ3v) is 4.71. The number of rotatable bonds is 4. The number of aromatic amines is 1. The molecule has 2 aromatic carbocycles. The lowest BCUT2D eigenvalue weighted by Gasteiger charge is -2.05. The summed E-state index contributed by atoms with van der Waals surface area (Å²) >= 11 is 5.97. The molecule has 0 aliphatic heterocycles. The molecule has 7 heteroatoms. The fourth-order valence-electron chi connectivity index (χ4n) is 3.01. The molecule has 1 amide bonds. The van der Waals surface area contributed by atoms with Crippen LogP contribution in [-0.2, 0) is 24.8 Å². The molecule has 0 saturated carbocycles. The number of amides is 1. The topological polar surface area (TPSA) is 75.6 Å². The van der Waals surface area contributed by atoms with Gasteiger partial charge >= 0.3 is 0 Å². The van der Waals surface area contributed by atoms with Crippen LogP contribution in [0, 0.1) is 6.92 Å². The van der Waals surface area contributed by atoms with Crippen LogP contribution >= 0.6 is 11.6 Å². The summed E-state index contributed by atoms with van der Waals surface area (Å²) in [5, 5.41) is 3.57. The molecule has 0 aliphatic rings. The van der Waals surface area contributed by atoms with E-state index in [4.69, 9.17) is 11.6 Å². The summed E-state index contributed by atoms with van der Waals surface area (Å²) in [4.78, 5) is 24.3. The molecule has 0 atom stereocenters. The number of aromatic nitrogens is 4. The van der Waals surface area contributed by atoms with Crippen LogP contribution in [0.25, 0.3) is 22.1 Å². The largest absolute Gasteiger partial charge is 0.352 e. The van der Waals surface area contributed by atoms with Crippen molar-refractivity contribution in [3.63, 3.8) is 0 Å². The van der Waals surface area contributed by atoms with E-state index in [-0.39, 0.29) is 12.3 Å². The summed E-state index contributed by atoms with van der Waals surface area (Å²) in [7, 11) is 1.99. The van der Waals surface area contributed by atoms with Crippen LogP contribution in [0.2, 0.25) is 5.02 Å². The van der Waals surface area contributed by atoms with E-state index >= 15 is 0 Å². The summed E-state index contributed by atoms with van der Waals surface area (Å²) in [5.41, 5.74) is 4.66. The van der Waals surface area contributed by atoms with Gasteiger partial charge in [0.25, 0.3) is 0 Å². The molecule has 0 fully saturated rings. The van der Waals surface area contributed by atoms with Crippen LogP contribution in [0.5, 0.6) is 0 Å². The Morgan fingerprint density at radius 2 is 2.04 bits per heavy atom. The van der Waals surface area contributed by atoms with E-state index in [0.717, 1.165) is 33.5 Å². The minimum absolute atomic E-state index is 0.0903. The van der Waals surface area contributed by atoms with Gasteiger partial charge in [0.2, 0.25) is 5.91 Å². The van der Waals surface area contributed by atoms with Gasteiger partial charge in [-0.1, -0.05) is 17.7 Å². The van der Waals surface area contributed by atoms with Crippen molar-refractivity contribution in [2.75, 3.05) is 0 Å². The summed E-state index contributed by atoms with van der Waals surface area (Å²) in [5.74, 6) is 1.49. The van der Waals surface area contributed by atoms with Gasteiger partial charge < -0.3 is 14.9 Å². The maximum absolute atomic E-state index is 12.2. The molecule has 0 aliphatic carbocycles. The van der Waals surface area contributed by atoms with Crippen molar-refractivity contribution < 1.29 is 4.79 Å². The van der Waals surface area contributed by atoms with Gasteiger partial charge in [-0.2, -0.15) is 0 Å². The zero-order valence-electron chi connectivity index (χ0n) is 14.5. The number of benzene rings is 2. The molecule has 0 spiro atoms. The minimum atomic E-state index is -0.0903. The number of halogens is 1. The maximum atomic E-state index is 12.2. The molecule has 2 N–H and O–H groups in total. The van der Waals surface area contributed by atoms with Crippen molar-refractivity contribution >= 4 is 39.6 Å². The molecular weight excluding hydrogens is 350 g/mol. The van der Waals surface area contributed by atoms with Crippen molar-refractivity contribution in [1.82, 2.24) is 24.8 Å². The Kier molecular flexibility index (Phi) is 4.12. The quantitative estimate of drug-likeness (QED) is 0.581. The Balaban J connectivity index is 1.43. The van der Waals surface area contributed by atoms with Crippen molar-refractivity contribution in [3.8, 4) is 0 Å². The van der Waals surface area contributed by atoms with Gasteiger partial charge in [0.15, 0.2) is 0 Å². The molecule has 2 aromatic heterocycles. The predicted molar refractivity (Wildman–Crippen MR) is 102 cm³/mol. The molecule has 4 aromatic rings. The number of nitrogens with one attached hydrogen (secondary N) is 2.